The third-order valence-electron chi connectivity index (χ3n) is 3.54. The molecule has 0 aromatic heterocycles. The maximum absolute atomic E-state index is 13.3. The Morgan fingerprint density at radius 3 is 2.76 bits per heavy atom. The molecule has 1 atom stereocenters. The summed E-state index contributed by atoms with van der Waals surface area (Å²) in [5.74, 6) is 0.650. The highest BCUT2D eigenvalue weighted by atomic mass is 19.1. The summed E-state index contributed by atoms with van der Waals surface area (Å²) in [6.07, 6.45) is 1.17. The van der Waals surface area contributed by atoms with Gasteiger partial charge in [-0.2, -0.15) is 0 Å². The number of aryl methyl sites for hydroxylation is 1. The molecule has 1 unspecified atom stereocenters. The van der Waals surface area contributed by atoms with Crippen LogP contribution in [0.1, 0.15) is 31.4 Å². The second kappa shape index (κ2) is 7.11. The summed E-state index contributed by atoms with van der Waals surface area (Å²) in [7, 11) is 0. The van der Waals surface area contributed by atoms with Gasteiger partial charge < -0.3 is 10.1 Å². The number of benzene rings is 2. The molecule has 2 rings (SSSR count). The molecule has 0 aliphatic carbocycles. The summed E-state index contributed by atoms with van der Waals surface area (Å²) >= 11 is 0. The minimum atomic E-state index is -0.203. The summed E-state index contributed by atoms with van der Waals surface area (Å²) in [6.45, 7) is 6.73. The van der Waals surface area contributed by atoms with Gasteiger partial charge in [0.2, 0.25) is 0 Å². The van der Waals surface area contributed by atoms with Crippen molar-refractivity contribution < 1.29 is 9.13 Å². The Kier molecular flexibility index (Phi) is 5.20. The molecule has 0 aliphatic heterocycles. The van der Waals surface area contributed by atoms with E-state index in [4.69, 9.17) is 4.74 Å². The van der Waals surface area contributed by atoms with Gasteiger partial charge >= 0.3 is 0 Å². The molecule has 0 amide bonds. The smallest absolute Gasteiger partial charge is 0.123 e. The maximum Gasteiger partial charge on any atom is 0.123 e. The van der Waals surface area contributed by atoms with Gasteiger partial charge in [-0.15, -0.1) is 0 Å². The number of nitrogens with one attached hydrogen (secondary N) is 1. The van der Waals surface area contributed by atoms with Crippen LogP contribution < -0.4 is 10.1 Å². The van der Waals surface area contributed by atoms with Gasteiger partial charge in [-0.3, -0.25) is 0 Å². The first-order valence-corrected chi connectivity index (χ1v) is 7.34. The predicted octanol–water partition coefficient (Wildman–Crippen LogP) is 4.92. The summed E-state index contributed by atoms with van der Waals surface area (Å²) in [4.78, 5) is 0. The van der Waals surface area contributed by atoms with Crippen LogP contribution in [-0.4, -0.2) is 6.10 Å². The van der Waals surface area contributed by atoms with Crippen molar-refractivity contribution in [2.45, 2.75) is 39.8 Å². The van der Waals surface area contributed by atoms with Crippen molar-refractivity contribution in [3.8, 4) is 5.75 Å². The Morgan fingerprint density at radius 2 is 2.00 bits per heavy atom. The van der Waals surface area contributed by atoms with Crippen molar-refractivity contribution in [1.29, 1.82) is 0 Å². The first kappa shape index (κ1) is 15.4. The molecule has 112 valence electrons. The molecule has 2 aromatic carbocycles. The molecule has 0 saturated heterocycles. The average molecular weight is 287 g/mol. The molecular weight excluding hydrogens is 265 g/mol. The van der Waals surface area contributed by atoms with E-state index in [1.54, 1.807) is 12.1 Å². The van der Waals surface area contributed by atoms with Crippen LogP contribution in [0.3, 0.4) is 0 Å². The van der Waals surface area contributed by atoms with Gasteiger partial charge in [0.1, 0.15) is 11.6 Å². The first-order valence-electron chi connectivity index (χ1n) is 7.34. The van der Waals surface area contributed by atoms with Crippen molar-refractivity contribution in [2.75, 3.05) is 5.32 Å². The highest BCUT2D eigenvalue weighted by molar-refractivity contribution is 5.49. The number of rotatable bonds is 6. The largest absolute Gasteiger partial charge is 0.491 e. The van der Waals surface area contributed by atoms with E-state index in [1.165, 1.54) is 6.07 Å². The van der Waals surface area contributed by atoms with Crippen LogP contribution >= 0.6 is 0 Å². The van der Waals surface area contributed by atoms with Crippen molar-refractivity contribution in [2.24, 2.45) is 0 Å². The zero-order chi connectivity index (χ0) is 15.2. The molecule has 0 radical (unpaired) electrons. The monoisotopic (exact) mass is 287 g/mol. The fourth-order valence-corrected chi connectivity index (χ4v) is 2.02. The first-order chi connectivity index (χ1) is 10.1. The second-order valence-corrected chi connectivity index (χ2v) is 5.29. The van der Waals surface area contributed by atoms with Crippen LogP contribution in [-0.2, 0) is 6.54 Å². The highest BCUT2D eigenvalue weighted by Crippen LogP contribution is 2.20. The Morgan fingerprint density at radius 1 is 1.19 bits per heavy atom. The van der Waals surface area contributed by atoms with E-state index < -0.39 is 0 Å². The number of anilines is 1. The predicted molar refractivity (Wildman–Crippen MR) is 85.3 cm³/mol. The molecule has 0 spiro atoms. The topological polar surface area (TPSA) is 21.3 Å². The molecule has 21 heavy (non-hydrogen) atoms. The van der Waals surface area contributed by atoms with Crippen LogP contribution in [0.15, 0.2) is 42.5 Å². The van der Waals surface area contributed by atoms with Crippen LogP contribution in [0.25, 0.3) is 0 Å². The molecule has 1 N–H and O–H groups in total. The number of halogens is 1. The summed E-state index contributed by atoms with van der Waals surface area (Å²) in [5.41, 5.74) is 3.01. The van der Waals surface area contributed by atoms with Crippen LogP contribution in [0.5, 0.6) is 5.75 Å². The zero-order valence-corrected chi connectivity index (χ0v) is 12.8. The summed E-state index contributed by atoms with van der Waals surface area (Å²) < 4.78 is 19.1. The molecule has 2 aromatic rings. The summed E-state index contributed by atoms with van der Waals surface area (Å²) in [5, 5.41) is 3.31. The Bertz CT molecular complexity index is 598. The van der Waals surface area contributed by atoms with Gasteiger partial charge in [0, 0.05) is 18.3 Å². The Hall–Kier alpha value is -2.03. The average Bonchev–Trinajstić information content (AvgIpc) is 2.48. The zero-order valence-electron chi connectivity index (χ0n) is 12.8. The fraction of sp³-hybridized carbons (Fsp3) is 0.333. The van der Waals surface area contributed by atoms with Gasteiger partial charge in [-0.25, -0.2) is 4.39 Å². The Balaban J connectivity index is 2.03. The molecule has 0 aliphatic rings. The van der Waals surface area contributed by atoms with Crippen LogP contribution in [0, 0.1) is 12.7 Å². The normalized spacial score (nSPS) is 12.0. The van der Waals surface area contributed by atoms with E-state index in [0.29, 0.717) is 6.54 Å². The minimum Gasteiger partial charge on any atom is -0.491 e. The van der Waals surface area contributed by atoms with E-state index in [-0.39, 0.29) is 11.9 Å². The van der Waals surface area contributed by atoms with Gasteiger partial charge in [0.05, 0.1) is 6.10 Å². The van der Waals surface area contributed by atoms with Crippen molar-refractivity contribution in [3.05, 3.63) is 59.4 Å². The minimum absolute atomic E-state index is 0.200. The van der Waals surface area contributed by atoms with Gasteiger partial charge in [0.25, 0.3) is 0 Å². The quantitative estimate of drug-likeness (QED) is 0.814. The summed E-state index contributed by atoms with van der Waals surface area (Å²) in [6, 6.07) is 12.7. The number of ether oxygens (including phenoxy) is 1. The third-order valence-corrected chi connectivity index (χ3v) is 3.54. The molecule has 0 saturated carbocycles. The molecule has 2 nitrogen and oxygen atoms in total. The lowest BCUT2D eigenvalue weighted by atomic mass is 10.1. The fourth-order valence-electron chi connectivity index (χ4n) is 2.02. The van der Waals surface area contributed by atoms with Crippen molar-refractivity contribution >= 4 is 5.69 Å². The lowest BCUT2D eigenvalue weighted by Gasteiger charge is -2.14. The standard InChI is InChI=1S/C18H22FNO/c1-4-14(3)21-18-7-5-6-17(11-18)20-12-15-10-16(19)9-8-13(15)2/h5-11,14,20H,4,12H2,1-3H3. The molecule has 3 heteroatoms. The molecule has 0 fully saturated rings. The lowest BCUT2D eigenvalue weighted by molar-refractivity contribution is 0.217. The highest BCUT2D eigenvalue weighted by Gasteiger charge is 2.03. The number of hydrogen-bond donors (Lipinski definition) is 1. The van der Waals surface area contributed by atoms with E-state index in [0.717, 1.165) is 29.0 Å². The molecule has 0 bridgehead atoms. The SMILES string of the molecule is CCC(C)Oc1cccc(NCc2cc(F)ccc2C)c1. The van der Waals surface area contributed by atoms with Crippen molar-refractivity contribution in [1.82, 2.24) is 0 Å². The van der Waals surface area contributed by atoms with E-state index in [1.807, 2.05) is 31.2 Å². The van der Waals surface area contributed by atoms with E-state index in [2.05, 4.69) is 19.2 Å². The lowest BCUT2D eigenvalue weighted by Crippen LogP contribution is -2.10. The van der Waals surface area contributed by atoms with Gasteiger partial charge in [-0.1, -0.05) is 19.1 Å². The second-order valence-electron chi connectivity index (χ2n) is 5.29. The molecule has 0 heterocycles. The van der Waals surface area contributed by atoms with E-state index in [9.17, 15) is 4.39 Å². The third kappa shape index (κ3) is 4.48. The van der Waals surface area contributed by atoms with Crippen LogP contribution in [0.4, 0.5) is 10.1 Å². The maximum atomic E-state index is 13.3. The van der Waals surface area contributed by atoms with Crippen molar-refractivity contribution in [3.63, 3.8) is 0 Å². The van der Waals surface area contributed by atoms with Crippen LogP contribution in [0.2, 0.25) is 0 Å². The van der Waals surface area contributed by atoms with E-state index >= 15 is 0 Å². The Labute approximate surface area is 126 Å². The van der Waals surface area contributed by atoms with Gasteiger partial charge in [-0.05, 0) is 55.7 Å². The van der Waals surface area contributed by atoms with Gasteiger partial charge in [0.15, 0.2) is 0 Å². The number of hydrogen-bond acceptors (Lipinski definition) is 2. The molecular formula is C18H22FNO.